The van der Waals surface area contributed by atoms with Crippen molar-refractivity contribution in [3.63, 3.8) is 0 Å². The lowest BCUT2D eigenvalue weighted by atomic mass is 9.87. The first kappa shape index (κ1) is 34.0. The minimum absolute atomic E-state index is 0.422. The summed E-state index contributed by atoms with van der Waals surface area (Å²) in [5.41, 5.74) is -11.1. The minimum Gasteiger partial charge on any atom is -0.169 e. The number of alkyl halides is 12. The molecule has 0 bridgehead atoms. The van der Waals surface area contributed by atoms with E-state index < -0.39 is 91.4 Å². The zero-order chi connectivity index (χ0) is 33.6. The Morgan fingerprint density at radius 3 is 1.20 bits per heavy atom. The highest BCUT2D eigenvalue weighted by Crippen LogP contribution is 2.58. The first-order chi connectivity index (χ1) is 20.7. The number of halogens is 12. The minimum atomic E-state index is -5.52. The molecule has 0 fully saturated rings. The van der Waals surface area contributed by atoms with Crippen molar-refractivity contribution in [1.29, 1.82) is 0 Å². The van der Waals surface area contributed by atoms with Crippen LogP contribution in [0.1, 0.15) is 43.9 Å². The van der Waals surface area contributed by atoms with Crippen LogP contribution in [0.25, 0.3) is 12.2 Å². The molecule has 17 heteroatoms. The molecular formula is C28H18F12N4S. The van der Waals surface area contributed by atoms with Crippen molar-refractivity contribution in [2.75, 3.05) is 0 Å². The molecule has 0 saturated carbocycles. The second kappa shape index (κ2) is 11.5. The van der Waals surface area contributed by atoms with E-state index >= 15 is 0 Å². The highest BCUT2D eigenvalue weighted by Gasteiger charge is 2.59. The number of hydrogen-bond donors (Lipinski definition) is 0. The van der Waals surface area contributed by atoms with Crippen LogP contribution in [0.5, 0.6) is 0 Å². The lowest BCUT2D eigenvalue weighted by molar-refractivity contribution is -0.174. The lowest BCUT2D eigenvalue weighted by Gasteiger charge is -2.32. The summed E-state index contributed by atoms with van der Waals surface area (Å²) in [5, 5.41) is 6.30. The van der Waals surface area contributed by atoms with Gasteiger partial charge in [0.1, 0.15) is 10.5 Å². The molecule has 0 saturated heterocycles. The number of nitrogens with zero attached hydrogens (tertiary/aromatic N) is 4. The summed E-state index contributed by atoms with van der Waals surface area (Å²) in [5.74, 6) is 0. The van der Waals surface area contributed by atoms with Crippen LogP contribution >= 0.6 is 11.8 Å². The van der Waals surface area contributed by atoms with Crippen molar-refractivity contribution in [3.8, 4) is 0 Å². The number of thioether (sulfide) groups is 1. The number of benzene rings is 2. The van der Waals surface area contributed by atoms with Gasteiger partial charge >= 0.3 is 24.7 Å². The summed E-state index contributed by atoms with van der Waals surface area (Å²) in [4.78, 5) is 0. The average Bonchev–Trinajstić information content (AvgIpc) is 3.63. The molecule has 0 spiro atoms. The Labute approximate surface area is 251 Å². The Morgan fingerprint density at radius 1 is 0.600 bits per heavy atom. The van der Waals surface area contributed by atoms with E-state index in [1.54, 1.807) is 0 Å². The normalized spacial score (nSPS) is 23.0. The van der Waals surface area contributed by atoms with Gasteiger partial charge < -0.3 is 0 Å². The van der Waals surface area contributed by atoms with E-state index in [4.69, 9.17) is 0 Å². The topological polar surface area (TPSA) is 49.4 Å². The van der Waals surface area contributed by atoms with Crippen molar-refractivity contribution in [2.45, 2.75) is 46.3 Å². The quantitative estimate of drug-likeness (QED) is 0.258. The van der Waals surface area contributed by atoms with Crippen LogP contribution in [-0.4, -0.2) is 24.7 Å². The van der Waals surface area contributed by atoms with Gasteiger partial charge in [0.05, 0.1) is 0 Å². The monoisotopic (exact) mass is 670 g/mol. The Kier molecular flexibility index (Phi) is 8.67. The zero-order valence-corrected chi connectivity index (χ0v) is 23.0. The molecule has 0 amide bonds. The van der Waals surface area contributed by atoms with Crippen LogP contribution in [0.15, 0.2) is 94.6 Å². The third-order valence-corrected chi connectivity index (χ3v) is 8.57. The first-order valence-electron chi connectivity index (χ1n) is 12.4. The second-order valence-electron chi connectivity index (χ2n) is 9.67. The Balaban J connectivity index is 1.93. The van der Waals surface area contributed by atoms with Gasteiger partial charge in [-0.05, 0) is 45.5 Å². The summed E-state index contributed by atoms with van der Waals surface area (Å²) in [6, 6.07) is 4.06. The number of azo groups is 2. The zero-order valence-electron chi connectivity index (χ0n) is 22.2. The van der Waals surface area contributed by atoms with Gasteiger partial charge in [0.25, 0.3) is 0 Å². The molecular weight excluding hydrogens is 652 g/mol. The van der Waals surface area contributed by atoms with Crippen LogP contribution in [0, 0.1) is 0 Å². The SMILES string of the molecule is C=Cc1ccc(C2(C(F)(F)F)C=CN=N2)cc1C(SC(c1cc(C2(C(F)(F)F)C=CN=N2)ccc1C=C)C(F)(F)F)C(F)(F)F. The van der Waals surface area contributed by atoms with Crippen LogP contribution < -0.4 is 0 Å². The molecule has 2 heterocycles. The van der Waals surface area contributed by atoms with Crippen LogP contribution in [-0.2, 0) is 11.1 Å². The van der Waals surface area contributed by atoms with Gasteiger partial charge in [-0.15, -0.1) is 11.8 Å². The predicted molar refractivity (Wildman–Crippen MR) is 142 cm³/mol. The van der Waals surface area contributed by atoms with Crippen molar-refractivity contribution in [3.05, 3.63) is 107 Å². The summed E-state index contributed by atoms with van der Waals surface area (Å²) in [6.45, 7) is 6.65. The predicted octanol–water partition coefficient (Wildman–Crippen LogP) is 11.1. The molecule has 4 unspecified atom stereocenters. The van der Waals surface area contributed by atoms with Gasteiger partial charge in [0.15, 0.2) is 0 Å². The van der Waals surface area contributed by atoms with Crippen LogP contribution in [0.4, 0.5) is 52.7 Å². The summed E-state index contributed by atoms with van der Waals surface area (Å²) >= 11 is -0.768. The van der Waals surface area contributed by atoms with E-state index in [1.807, 2.05) is 0 Å². The van der Waals surface area contributed by atoms with E-state index in [9.17, 15) is 52.7 Å². The van der Waals surface area contributed by atoms with Gasteiger partial charge in [-0.25, -0.2) is 0 Å². The molecule has 2 aliphatic rings. The molecule has 0 radical (unpaired) electrons. The Morgan fingerprint density at radius 2 is 0.956 bits per heavy atom. The van der Waals surface area contributed by atoms with Gasteiger partial charge in [-0.3, -0.25) is 0 Å². The molecule has 2 aromatic rings. The Bertz CT molecular complexity index is 1450. The molecule has 0 N–H and O–H groups in total. The second-order valence-corrected chi connectivity index (χ2v) is 10.9. The molecule has 4 atom stereocenters. The molecule has 4 rings (SSSR count). The number of rotatable bonds is 8. The number of hydrogen-bond acceptors (Lipinski definition) is 5. The van der Waals surface area contributed by atoms with Crippen molar-refractivity contribution in [1.82, 2.24) is 0 Å². The van der Waals surface area contributed by atoms with E-state index in [2.05, 4.69) is 33.6 Å². The maximum Gasteiger partial charge on any atom is 0.423 e. The molecule has 0 aliphatic carbocycles. The van der Waals surface area contributed by atoms with Gasteiger partial charge in [-0.1, -0.05) is 61.7 Å². The fourth-order valence-electron chi connectivity index (χ4n) is 4.77. The molecule has 45 heavy (non-hydrogen) atoms. The van der Waals surface area contributed by atoms with Gasteiger partial charge in [-0.2, -0.15) is 73.1 Å². The first-order valence-corrected chi connectivity index (χ1v) is 13.3. The lowest BCUT2D eigenvalue weighted by Crippen LogP contribution is -2.38. The van der Waals surface area contributed by atoms with Crippen LogP contribution in [0.2, 0.25) is 0 Å². The maximum atomic E-state index is 14.6. The summed E-state index contributed by atoms with van der Waals surface area (Å²) in [6.07, 6.45) is -17.5. The van der Waals surface area contributed by atoms with Crippen LogP contribution in [0.3, 0.4) is 0 Å². The van der Waals surface area contributed by atoms with Gasteiger partial charge in [0, 0.05) is 12.4 Å². The molecule has 2 aliphatic heterocycles. The van der Waals surface area contributed by atoms with E-state index in [0.717, 1.165) is 36.4 Å². The molecule has 0 aromatic heterocycles. The maximum absolute atomic E-state index is 14.6. The highest BCUT2D eigenvalue weighted by molar-refractivity contribution is 7.99. The molecule has 240 valence electrons. The average molecular weight is 671 g/mol. The fourth-order valence-corrected chi connectivity index (χ4v) is 6.06. The standard InChI is InChI=1S/C28H18F12N4S/c1-3-15-5-7-17(23(27(35,36)37)9-11-41-43-23)13-19(15)21(25(29,30)31)45-22(26(32,33)34)20-14-18(8-6-16(20)4-2)24(28(38,39)40)10-12-42-44-24/h3-14,21-22H,1-2H2. The van der Waals surface area contributed by atoms with Crippen molar-refractivity contribution in [2.24, 2.45) is 20.5 Å². The van der Waals surface area contributed by atoms with E-state index in [0.29, 0.717) is 36.7 Å². The Hall–Kier alpha value is -3.89. The smallest absolute Gasteiger partial charge is 0.169 e. The summed E-state index contributed by atoms with van der Waals surface area (Å²) < 4.78 is 172. The fraction of sp³-hybridized carbons (Fsp3) is 0.286. The third kappa shape index (κ3) is 6.05. The van der Waals surface area contributed by atoms with Crippen molar-refractivity contribution >= 4 is 23.9 Å². The van der Waals surface area contributed by atoms with Gasteiger partial charge in [0.2, 0.25) is 11.1 Å². The molecule has 4 nitrogen and oxygen atoms in total. The summed E-state index contributed by atoms with van der Waals surface area (Å²) in [7, 11) is 0. The van der Waals surface area contributed by atoms with Crippen molar-refractivity contribution < 1.29 is 52.7 Å². The van der Waals surface area contributed by atoms with E-state index in [1.165, 1.54) is 0 Å². The highest BCUT2D eigenvalue weighted by atomic mass is 32.2. The van der Waals surface area contributed by atoms with E-state index in [-0.39, 0.29) is 0 Å². The third-order valence-electron chi connectivity index (χ3n) is 6.99. The molecule has 2 aromatic carbocycles. The largest absolute Gasteiger partial charge is 0.423 e.